The van der Waals surface area contributed by atoms with Crippen molar-refractivity contribution in [2.75, 3.05) is 32.0 Å². The Labute approximate surface area is 197 Å². The van der Waals surface area contributed by atoms with E-state index in [4.69, 9.17) is 9.26 Å². The molecule has 8 heteroatoms. The molecule has 1 aliphatic carbocycles. The molecule has 176 valence electrons. The first-order valence-corrected chi connectivity index (χ1v) is 11.5. The average molecular weight is 463 g/mol. The van der Waals surface area contributed by atoms with Crippen molar-refractivity contribution in [3.8, 4) is 11.1 Å². The fourth-order valence-electron chi connectivity index (χ4n) is 5.24. The molecule has 1 amide bonds. The SMILES string of the molecule is Cc1cc(NC(=O)C[N+]2(C)CCCC(OC(=O)C3(O)c4ccccc4-c4ccccc43)C2)no1. The highest BCUT2D eigenvalue weighted by molar-refractivity contribution is 5.96. The fraction of sp³-hybridized carbons (Fsp3) is 0.346. The molecule has 0 radical (unpaired) electrons. The number of anilines is 1. The van der Waals surface area contributed by atoms with Crippen LogP contribution in [-0.2, 0) is 19.9 Å². The molecule has 5 rings (SSSR count). The van der Waals surface area contributed by atoms with Crippen molar-refractivity contribution in [1.82, 2.24) is 5.16 Å². The van der Waals surface area contributed by atoms with Crippen LogP contribution in [0.25, 0.3) is 11.1 Å². The number of amides is 1. The molecule has 0 bridgehead atoms. The number of hydrogen-bond donors (Lipinski definition) is 2. The second-order valence-electron chi connectivity index (χ2n) is 9.53. The Morgan fingerprint density at radius 3 is 2.44 bits per heavy atom. The summed E-state index contributed by atoms with van der Waals surface area (Å²) in [6.45, 7) is 3.25. The smallest absolute Gasteiger partial charge is 0.348 e. The largest absolute Gasteiger partial charge is 0.454 e. The van der Waals surface area contributed by atoms with E-state index in [1.807, 2.05) is 43.4 Å². The van der Waals surface area contributed by atoms with E-state index in [1.54, 1.807) is 25.1 Å². The van der Waals surface area contributed by atoms with Crippen molar-refractivity contribution in [2.24, 2.45) is 0 Å². The minimum absolute atomic E-state index is 0.181. The van der Waals surface area contributed by atoms with Crippen molar-refractivity contribution < 1.29 is 28.4 Å². The van der Waals surface area contributed by atoms with E-state index >= 15 is 0 Å². The summed E-state index contributed by atoms with van der Waals surface area (Å²) in [5, 5.41) is 18.2. The third kappa shape index (κ3) is 3.89. The lowest BCUT2D eigenvalue weighted by Gasteiger charge is -2.40. The van der Waals surface area contributed by atoms with Crippen LogP contribution in [0.1, 0.15) is 29.7 Å². The number of ether oxygens (including phenoxy) is 1. The molecule has 1 aliphatic heterocycles. The van der Waals surface area contributed by atoms with Crippen molar-refractivity contribution in [3.63, 3.8) is 0 Å². The Hall–Kier alpha value is -3.49. The molecule has 0 spiro atoms. The highest BCUT2D eigenvalue weighted by atomic mass is 16.6. The minimum atomic E-state index is -1.85. The van der Waals surface area contributed by atoms with Gasteiger partial charge >= 0.3 is 5.97 Å². The summed E-state index contributed by atoms with van der Waals surface area (Å²) < 4.78 is 11.3. The van der Waals surface area contributed by atoms with Crippen LogP contribution in [-0.4, -0.2) is 59.4 Å². The van der Waals surface area contributed by atoms with Crippen LogP contribution in [0.15, 0.2) is 59.1 Å². The summed E-state index contributed by atoms with van der Waals surface area (Å²) in [5.74, 6) is 0.148. The minimum Gasteiger partial charge on any atom is -0.454 e. The summed E-state index contributed by atoms with van der Waals surface area (Å²) in [6, 6.07) is 16.4. The monoisotopic (exact) mass is 462 g/mol. The van der Waals surface area contributed by atoms with Gasteiger partial charge in [-0.1, -0.05) is 53.7 Å². The van der Waals surface area contributed by atoms with Gasteiger partial charge in [0.2, 0.25) is 5.60 Å². The summed E-state index contributed by atoms with van der Waals surface area (Å²) in [6.07, 6.45) is 1.08. The Bertz CT molecular complexity index is 1210. The highest BCUT2D eigenvalue weighted by Crippen LogP contribution is 2.48. The van der Waals surface area contributed by atoms with Gasteiger partial charge in [-0.25, -0.2) is 4.79 Å². The molecule has 1 aromatic heterocycles. The number of piperidine rings is 1. The number of carbonyl (C=O) groups excluding carboxylic acids is 2. The van der Waals surface area contributed by atoms with Crippen molar-refractivity contribution >= 4 is 17.7 Å². The van der Waals surface area contributed by atoms with Gasteiger partial charge in [0.1, 0.15) is 12.3 Å². The molecule has 2 unspecified atom stereocenters. The standard InChI is InChI=1S/C26H27N3O5/c1-17-14-23(28-34-17)27-24(30)16-29(2)13-7-8-18(15-29)33-25(31)26(32)21-11-5-3-9-19(21)20-10-4-6-12-22(20)26/h3-6,9-12,14,18,32H,7-8,13,15-16H2,1-2H3/p+1. The first kappa shape index (κ1) is 22.3. The molecule has 2 aliphatic rings. The van der Waals surface area contributed by atoms with Crippen LogP contribution in [0, 0.1) is 6.92 Å². The molecule has 8 nitrogen and oxygen atoms in total. The van der Waals surface area contributed by atoms with Gasteiger partial charge in [0, 0.05) is 23.6 Å². The molecular formula is C26H28N3O5+. The van der Waals surface area contributed by atoms with E-state index < -0.39 is 17.7 Å². The maximum Gasteiger partial charge on any atom is 0.348 e. The molecule has 2 atom stereocenters. The van der Waals surface area contributed by atoms with E-state index in [0.717, 1.165) is 24.1 Å². The maximum atomic E-state index is 13.5. The second kappa shape index (κ2) is 8.38. The van der Waals surface area contributed by atoms with Gasteiger partial charge in [-0.3, -0.25) is 4.79 Å². The van der Waals surface area contributed by atoms with Gasteiger partial charge < -0.3 is 24.2 Å². The Balaban J connectivity index is 1.31. The number of fused-ring (bicyclic) bond motifs is 3. The number of hydrogen-bond acceptors (Lipinski definition) is 6. The van der Waals surface area contributed by atoms with E-state index in [2.05, 4.69) is 10.5 Å². The van der Waals surface area contributed by atoms with Crippen LogP contribution in [0.2, 0.25) is 0 Å². The number of quaternary nitrogens is 1. The Morgan fingerprint density at radius 1 is 1.18 bits per heavy atom. The van der Waals surface area contributed by atoms with Gasteiger partial charge in [0.15, 0.2) is 18.5 Å². The maximum absolute atomic E-state index is 13.5. The number of rotatable bonds is 5. The van der Waals surface area contributed by atoms with E-state index in [9.17, 15) is 14.7 Å². The molecule has 2 heterocycles. The first-order valence-electron chi connectivity index (χ1n) is 11.5. The molecule has 3 aromatic rings. The number of nitrogens with one attached hydrogen (secondary N) is 1. The van der Waals surface area contributed by atoms with Crippen LogP contribution < -0.4 is 5.32 Å². The van der Waals surface area contributed by atoms with E-state index in [1.165, 1.54) is 0 Å². The molecule has 2 aromatic carbocycles. The highest BCUT2D eigenvalue weighted by Gasteiger charge is 2.50. The lowest BCUT2D eigenvalue weighted by Crippen LogP contribution is -2.57. The zero-order valence-corrected chi connectivity index (χ0v) is 19.3. The third-order valence-corrected chi connectivity index (χ3v) is 6.78. The number of benzene rings is 2. The Morgan fingerprint density at radius 2 is 1.82 bits per heavy atom. The quantitative estimate of drug-likeness (QED) is 0.447. The molecule has 34 heavy (non-hydrogen) atoms. The zero-order chi connectivity index (χ0) is 23.9. The van der Waals surface area contributed by atoms with Crippen LogP contribution in [0.3, 0.4) is 0 Å². The summed E-state index contributed by atoms with van der Waals surface area (Å²) >= 11 is 0. The number of aliphatic hydroxyl groups is 1. The number of likely N-dealkylation sites (N-methyl/N-ethyl adjacent to an activating group) is 1. The lowest BCUT2D eigenvalue weighted by atomic mass is 9.91. The predicted octanol–water partition coefficient (Wildman–Crippen LogP) is 2.99. The first-order chi connectivity index (χ1) is 16.3. The zero-order valence-electron chi connectivity index (χ0n) is 19.3. The number of esters is 1. The van der Waals surface area contributed by atoms with Crippen LogP contribution >= 0.6 is 0 Å². The molecule has 1 fully saturated rings. The van der Waals surface area contributed by atoms with E-state index in [0.29, 0.717) is 40.2 Å². The molecule has 2 N–H and O–H groups in total. The number of aromatic nitrogens is 1. The number of likely N-dealkylation sites (tertiary alicyclic amines) is 1. The van der Waals surface area contributed by atoms with E-state index in [-0.39, 0.29) is 12.5 Å². The van der Waals surface area contributed by atoms with Gasteiger partial charge in [0.05, 0.1) is 13.6 Å². The number of aryl methyl sites for hydroxylation is 1. The Kier molecular flexibility index (Phi) is 5.50. The topological polar surface area (TPSA) is 102 Å². The van der Waals surface area contributed by atoms with Gasteiger partial charge in [-0.2, -0.15) is 0 Å². The van der Waals surface area contributed by atoms with Gasteiger partial charge in [0.25, 0.3) is 5.91 Å². The molecule has 1 saturated heterocycles. The summed E-state index contributed by atoms with van der Waals surface area (Å²) in [5.41, 5.74) is 0.896. The van der Waals surface area contributed by atoms with Crippen LogP contribution in [0.4, 0.5) is 5.82 Å². The fourth-order valence-corrected chi connectivity index (χ4v) is 5.24. The predicted molar refractivity (Wildman–Crippen MR) is 125 cm³/mol. The van der Waals surface area contributed by atoms with Crippen molar-refractivity contribution in [1.29, 1.82) is 0 Å². The normalized spacial score (nSPS) is 22.5. The van der Waals surface area contributed by atoms with Crippen LogP contribution in [0.5, 0.6) is 0 Å². The summed E-state index contributed by atoms with van der Waals surface area (Å²) in [4.78, 5) is 26.1. The lowest BCUT2D eigenvalue weighted by molar-refractivity contribution is -0.909. The van der Waals surface area contributed by atoms with Gasteiger partial charge in [-0.15, -0.1) is 0 Å². The number of nitrogens with zero attached hydrogens (tertiary/aromatic N) is 2. The molecule has 0 saturated carbocycles. The summed E-state index contributed by atoms with van der Waals surface area (Å²) in [7, 11) is 1.97. The second-order valence-corrected chi connectivity index (χ2v) is 9.53. The molecular weight excluding hydrogens is 434 g/mol. The third-order valence-electron chi connectivity index (χ3n) is 6.78. The van der Waals surface area contributed by atoms with Crippen molar-refractivity contribution in [2.45, 2.75) is 31.5 Å². The van der Waals surface area contributed by atoms with Crippen molar-refractivity contribution in [3.05, 3.63) is 71.5 Å². The number of carbonyl (C=O) groups is 2. The average Bonchev–Trinajstić information content (AvgIpc) is 3.33. The van der Waals surface area contributed by atoms with Gasteiger partial charge in [-0.05, 0) is 24.5 Å².